The Labute approximate surface area is 137 Å². The summed E-state index contributed by atoms with van der Waals surface area (Å²) in [7, 11) is 1.10. The number of carbonyl (C=O) groups excluding carboxylic acids is 3. The van der Waals surface area contributed by atoms with Crippen LogP contribution in [0.3, 0.4) is 0 Å². The van der Waals surface area contributed by atoms with Crippen LogP contribution in [0.2, 0.25) is 0 Å². The highest BCUT2D eigenvalue weighted by Gasteiger charge is 2.84. The molecule has 8 nitrogen and oxygen atoms in total. The molecule has 4 rings (SSSR count). The van der Waals surface area contributed by atoms with Crippen LogP contribution in [0.15, 0.2) is 11.6 Å². The van der Waals surface area contributed by atoms with E-state index in [1.807, 2.05) is 0 Å². The number of carbonyl (C=O) groups is 3. The van der Waals surface area contributed by atoms with Gasteiger partial charge in [-0.25, -0.2) is 9.59 Å². The van der Waals surface area contributed by atoms with Crippen LogP contribution in [0, 0.1) is 16.7 Å². The number of fused-ring (bicyclic) bond motifs is 4. The Kier molecular flexibility index (Phi) is 2.67. The zero-order chi connectivity index (χ0) is 17.7. The van der Waals surface area contributed by atoms with Crippen LogP contribution >= 0.6 is 0 Å². The van der Waals surface area contributed by atoms with E-state index in [0.717, 1.165) is 7.11 Å². The Morgan fingerprint density at radius 3 is 2.67 bits per heavy atom. The average molecular weight is 338 g/mol. The summed E-state index contributed by atoms with van der Waals surface area (Å²) in [5, 5.41) is 22.2. The van der Waals surface area contributed by atoms with Crippen molar-refractivity contribution in [1.82, 2.24) is 0 Å². The van der Waals surface area contributed by atoms with E-state index in [2.05, 4.69) is 0 Å². The molecule has 0 radical (unpaired) electrons. The molecule has 1 unspecified atom stereocenters. The lowest BCUT2D eigenvalue weighted by molar-refractivity contribution is -0.253. The molecule has 0 aromatic rings. The van der Waals surface area contributed by atoms with Gasteiger partial charge in [-0.05, 0) is 25.0 Å². The molecule has 2 N–H and O–H groups in total. The number of allylic oxidation sites excluding steroid dienone is 1. The summed E-state index contributed by atoms with van der Waals surface area (Å²) < 4.78 is 15.3. The molecule has 8 heteroatoms. The van der Waals surface area contributed by atoms with E-state index in [-0.39, 0.29) is 18.8 Å². The lowest BCUT2D eigenvalue weighted by Gasteiger charge is -2.49. The zero-order valence-electron chi connectivity index (χ0n) is 13.5. The Balaban J connectivity index is 2.03. The van der Waals surface area contributed by atoms with Crippen LogP contribution in [-0.2, 0) is 28.6 Å². The van der Waals surface area contributed by atoms with E-state index in [1.54, 1.807) is 13.8 Å². The molecule has 2 aliphatic heterocycles. The Morgan fingerprint density at radius 1 is 1.38 bits per heavy atom. The molecule has 2 aliphatic carbocycles. The molecule has 2 saturated heterocycles. The van der Waals surface area contributed by atoms with Crippen LogP contribution in [0.5, 0.6) is 0 Å². The Morgan fingerprint density at radius 2 is 2.04 bits per heavy atom. The zero-order valence-corrected chi connectivity index (χ0v) is 13.5. The van der Waals surface area contributed by atoms with Gasteiger partial charge in [-0.3, -0.25) is 4.79 Å². The van der Waals surface area contributed by atoms with E-state index in [4.69, 9.17) is 14.2 Å². The highest BCUT2D eigenvalue weighted by molar-refractivity contribution is 6.00. The predicted octanol–water partition coefficient (Wildman–Crippen LogP) is -0.924. The first kappa shape index (κ1) is 15.7. The van der Waals surface area contributed by atoms with Gasteiger partial charge in [0, 0.05) is 5.92 Å². The summed E-state index contributed by atoms with van der Waals surface area (Å²) in [5.74, 6) is -5.46. The SMILES string of the molecule is COC(=O)C1(O)O[C@@H]2C[C@@]13C(=CC(=O)[C@@H]3C)[C@]1(C)COC(=O)[C@]21O. The monoisotopic (exact) mass is 338 g/mol. The summed E-state index contributed by atoms with van der Waals surface area (Å²) >= 11 is 0. The molecule has 2 bridgehead atoms. The lowest BCUT2D eigenvalue weighted by Crippen LogP contribution is -2.63. The van der Waals surface area contributed by atoms with Crippen molar-refractivity contribution in [3.05, 3.63) is 11.6 Å². The van der Waals surface area contributed by atoms with Gasteiger partial charge in [-0.1, -0.05) is 6.92 Å². The maximum Gasteiger partial charge on any atom is 0.367 e. The van der Waals surface area contributed by atoms with Crippen LogP contribution in [0.4, 0.5) is 0 Å². The Hall–Kier alpha value is -1.77. The van der Waals surface area contributed by atoms with Crippen molar-refractivity contribution in [1.29, 1.82) is 0 Å². The van der Waals surface area contributed by atoms with Gasteiger partial charge >= 0.3 is 11.9 Å². The molecule has 4 aliphatic rings. The van der Waals surface area contributed by atoms with Gasteiger partial charge in [0.05, 0.1) is 17.9 Å². The number of cyclic esters (lactones) is 1. The maximum absolute atomic E-state index is 12.4. The summed E-state index contributed by atoms with van der Waals surface area (Å²) in [6.07, 6.45) is 0.0571. The molecule has 2 heterocycles. The summed E-state index contributed by atoms with van der Waals surface area (Å²) in [6, 6.07) is 0. The average Bonchev–Trinajstić information content (AvgIpc) is 3.09. The van der Waals surface area contributed by atoms with Crippen molar-refractivity contribution in [2.45, 2.75) is 37.8 Å². The Bertz CT molecular complexity index is 728. The van der Waals surface area contributed by atoms with Gasteiger partial charge in [-0.15, -0.1) is 0 Å². The van der Waals surface area contributed by atoms with Crippen molar-refractivity contribution in [2.75, 3.05) is 13.7 Å². The fraction of sp³-hybridized carbons (Fsp3) is 0.688. The topological polar surface area (TPSA) is 119 Å². The first-order valence-corrected chi connectivity index (χ1v) is 7.74. The number of hydrogen-bond acceptors (Lipinski definition) is 8. The van der Waals surface area contributed by atoms with E-state index >= 15 is 0 Å². The quantitative estimate of drug-likeness (QED) is 0.589. The number of rotatable bonds is 1. The smallest absolute Gasteiger partial charge is 0.367 e. The third kappa shape index (κ3) is 1.22. The summed E-state index contributed by atoms with van der Waals surface area (Å²) in [6.45, 7) is 3.02. The minimum atomic E-state index is -2.45. The van der Waals surface area contributed by atoms with E-state index in [1.165, 1.54) is 6.08 Å². The molecule has 3 fully saturated rings. The fourth-order valence-corrected chi connectivity index (χ4v) is 5.10. The van der Waals surface area contributed by atoms with E-state index in [9.17, 15) is 24.6 Å². The second-order valence-corrected chi connectivity index (χ2v) is 7.27. The van der Waals surface area contributed by atoms with E-state index < -0.39 is 46.2 Å². The minimum Gasteiger partial charge on any atom is -0.465 e. The standard InChI is InChI=1S/C16H18O8/c1-7-8(17)4-9-13(2)6-23-11(18)15(13,20)10-5-14(7,9)16(21,24-10)12(19)22-3/h4,7,10,20-21H,5-6H2,1-3H3/t7-,10+,13-,14+,15+,16?/m0/s1. The molecule has 0 amide bonds. The normalized spacial score (nSPS) is 51.8. The van der Waals surface area contributed by atoms with Gasteiger partial charge in [0.15, 0.2) is 5.78 Å². The fourth-order valence-electron chi connectivity index (χ4n) is 5.10. The van der Waals surface area contributed by atoms with Gasteiger partial charge in [0.25, 0.3) is 5.79 Å². The van der Waals surface area contributed by atoms with Crippen LogP contribution in [-0.4, -0.2) is 59.1 Å². The highest BCUT2D eigenvalue weighted by atomic mass is 16.7. The third-order valence-electron chi connectivity index (χ3n) is 6.52. The molecule has 6 atom stereocenters. The van der Waals surface area contributed by atoms with Gasteiger partial charge in [-0.2, -0.15) is 0 Å². The van der Waals surface area contributed by atoms with Gasteiger partial charge < -0.3 is 24.4 Å². The first-order chi connectivity index (χ1) is 11.1. The van der Waals surface area contributed by atoms with Crippen molar-refractivity contribution < 1.29 is 38.8 Å². The van der Waals surface area contributed by atoms with Crippen molar-refractivity contribution in [3.63, 3.8) is 0 Å². The number of hydrogen-bond donors (Lipinski definition) is 2. The highest BCUT2D eigenvalue weighted by Crippen LogP contribution is 2.71. The van der Waals surface area contributed by atoms with Crippen LogP contribution in [0.1, 0.15) is 20.3 Å². The van der Waals surface area contributed by atoms with Crippen LogP contribution in [0.25, 0.3) is 0 Å². The predicted molar refractivity (Wildman–Crippen MR) is 75.2 cm³/mol. The molecule has 0 aromatic carbocycles. The molecule has 1 saturated carbocycles. The van der Waals surface area contributed by atoms with Crippen molar-refractivity contribution in [2.24, 2.45) is 16.7 Å². The maximum atomic E-state index is 12.4. The molecule has 1 spiro atoms. The largest absolute Gasteiger partial charge is 0.465 e. The summed E-state index contributed by atoms with van der Waals surface area (Å²) in [5.41, 5.74) is -4.43. The van der Waals surface area contributed by atoms with Crippen LogP contribution < -0.4 is 0 Å². The lowest BCUT2D eigenvalue weighted by atomic mass is 9.51. The number of ether oxygens (including phenoxy) is 3. The van der Waals surface area contributed by atoms with E-state index in [0.29, 0.717) is 5.57 Å². The molecular weight excluding hydrogens is 320 g/mol. The summed E-state index contributed by atoms with van der Waals surface area (Å²) in [4.78, 5) is 37.0. The third-order valence-corrected chi connectivity index (χ3v) is 6.52. The van der Waals surface area contributed by atoms with Crippen molar-refractivity contribution in [3.8, 4) is 0 Å². The molecule has 0 aromatic heterocycles. The minimum absolute atomic E-state index is 0.0570. The number of methoxy groups -OCH3 is 1. The molecular formula is C16H18O8. The van der Waals surface area contributed by atoms with Crippen molar-refractivity contribution >= 4 is 17.7 Å². The van der Waals surface area contributed by atoms with Gasteiger partial charge in [0.1, 0.15) is 12.7 Å². The van der Waals surface area contributed by atoms with Gasteiger partial charge in [0.2, 0.25) is 5.60 Å². The molecule has 24 heavy (non-hydrogen) atoms. The first-order valence-electron chi connectivity index (χ1n) is 7.74. The number of esters is 2. The number of aliphatic hydroxyl groups is 2. The molecule has 130 valence electrons. The second kappa shape index (κ2) is 4.07. The second-order valence-electron chi connectivity index (χ2n) is 7.27. The number of ketones is 1.